The molecule has 1 heterocycles. The summed E-state index contributed by atoms with van der Waals surface area (Å²) < 4.78 is 0. The Morgan fingerprint density at radius 3 is 2.74 bits per heavy atom. The molecule has 1 amide bonds. The molecule has 0 radical (unpaired) electrons. The average molecular weight is 267 g/mol. The number of carbonyl (C=O) groups is 1. The molecule has 110 valence electrons. The SMILES string of the molecule is C[C@@H]1CNCCN1CC(=O)N(C)CC1CCCCC1. The molecule has 0 bridgehead atoms. The summed E-state index contributed by atoms with van der Waals surface area (Å²) in [7, 11) is 1.98. The van der Waals surface area contributed by atoms with Crippen LogP contribution in [0.5, 0.6) is 0 Å². The van der Waals surface area contributed by atoms with Crippen LogP contribution in [0.2, 0.25) is 0 Å². The van der Waals surface area contributed by atoms with Crippen molar-refractivity contribution in [2.45, 2.75) is 45.1 Å². The van der Waals surface area contributed by atoms with Gasteiger partial charge in [0.15, 0.2) is 0 Å². The number of likely N-dealkylation sites (N-methyl/N-ethyl adjacent to an activating group) is 1. The molecule has 4 heteroatoms. The molecule has 2 aliphatic rings. The molecule has 19 heavy (non-hydrogen) atoms. The fourth-order valence-electron chi connectivity index (χ4n) is 3.27. The average Bonchev–Trinajstić information content (AvgIpc) is 2.42. The van der Waals surface area contributed by atoms with Gasteiger partial charge in [-0.25, -0.2) is 0 Å². The van der Waals surface area contributed by atoms with Gasteiger partial charge in [0.1, 0.15) is 0 Å². The van der Waals surface area contributed by atoms with Crippen molar-refractivity contribution in [1.29, 1.82) is 0 Å². The van der Waals surface area contributed by atoms with Crippen LogP contribution in [-0.4, -0.2) is 61.5 Å². The number of carbonyl (C=O) groups excluding carboxylic acids is 1. The minimum Gasteiger partial charge on any atom is -0.344 e. The Balaban J connectivity index is 1.74. The first-order valence-electron chi connectivity index (χ1n) is 7.85. The number of nitrogens with zero attached hydrogens (tertiary/aromatic N) is 2. The Kier molecular flexibility index (Phi) is 5.64. The number of nitrogens with one attached hydrogen (secondary N) is 1. The molecular weight excluding hydrogens is 238 g/mol. The van der Waals surface area contributed by atoms with Crippen molar-refractivity contribution < 1.29 is 4.79 Å². The Morgan fingerprint density at radius 2 is 2.05 bits per heavy atom. The van der Waals surface area contributed by atoms with Crippen LogP contribution in [0.1, 0.15) is 39.0 Å². The molecule has 4 nitrogen and oxygen atoms in total. The van der Waals surface area contributed by atoms with E-state index in [4.69, 9.17) is 0 Å². The molecule has 0 unspecified atom stereocenters. The second kappa shape index (κ2) is 7.25. The van der Waals surface area contributed by atoms with Crippen molar-refractivity contribution in [2.24, 2.45) is 5.92 Å². The van der Waals surface area contributed by atoms with Crippen LogP contribution in [0.3, 0.4) is 0 Å². The van der Waals surface area contributed by atoms with Gasteiger partial charge in [-0.15, -0.1) is 0 Å². The summed E-state index contributed by atoms with van der Waals surface area (Å²) in [5.74, 6) is 1.03. The summed E-state index contributed by atoms with van der Waals surface area (Å²) in [6.07, 6.45) is 6.69. The van der Waals surface area contributed by atoms with Gasteiger partial charge in [-0.2, -0.15) is 0 Å². The lowest BCUT2D eigenvalue weighted by Gasteiger charge is -2.35. The van der Waals surface area contributed by atoms with Crippen LogP contribution in [0.25, 0.3) is 0 Å². The molecule has 1 aliphatic carbocycles. The predicted octanol–water partition coefficient (Wildman–Crippen LogP) is 1.32. The summed E-state index contributed by atoms with van der Waals surface area (Å²) in [4.78, 5) is 16.6. The minimum atomic E-state index is 0.291. The van der Waals surface area contributed by atoms with E-state index in [-0.39, 0.29) is 0 Å². The zero-order valence-corrected chi connectivity index (χ0v) is 12.5. The second-order valence-corrected chi connectivity index (χ2v) is 6.30. The molecular formula is C15H29N3O. The van der Waals surface area contributed by atoms with E-state index in [0.29, 0.717) is 18.5 Å². The largest absolute Gasteiger partial charge is 0.344 e. The fourth-order valence-corrected chi connectivity index (χ4v) is 3.27. The summed E-state index contributed by atoms with van der Waals surface area (Å²) in [5, 5.41) is 3.37. The van der Waals surface area contributed by atoms with Gasteiger partial charge in [0.05, 0.1) is 6.54 Å². The van der Waals surface area contributed by atoms with Crippen molar-refractivity contribution in [3.05, 3.63) is 0 Å². The molecule has 1 saturated carbocycles. The molecule has 0 spiro atoms. The highest BCUT2D eigenvalue weighted by atomic mass is 16.2. The molecule has 1 saturated heterocycles. The lowest BCUT2D eigenvalue weighted by molar-refractivity contribution is -0.132. The number of rotatable bonds is 4. The maximum absolute atomic E-state index is 12.3. The zero-order valence-electron chi connectivity index (χ0n) is 12.5. The van der Waals surface area contributed by atoms with Gasteiger partial charge in [0.25, 0.3) is 0 Å². The third kappa shape index (κ3) is 4.46. The van der Waals surface area contributed by atoms with Crippen molar-refractivity contribution in [2.75, 3.05) is 39.8 Å². The van der Waals surface area contributed by atoms with E-state index in [1.165, 1.54) is 32.1 Å². The molecule has 0 aromatic carbocycles. The summed E-state index contributed by atoms with van der Waals surface area (Å²) in [6.45, 7) is 6.74. The van der Waals surface area contributed by atoms with Gasteiger partial charge in [0.2, 0.25) is 5.91 Å². The van der Waals surface area contributed by atoms with E-state index in [1.54, 1.807) is 0 Å². The standard InChI is InChI=1S/C15H29N3O/c1-13-10-16-8-9-18(13)12-15(19)17(2)11-14-6-4-3-5-7-14/h13-14,16H,3-12H2,1-2H3/t13-/m1/s1. The quantitative estimate of drug-likeness (QED) is 0.834. The fraction of sp³-hybridized carbons (Fsp3) is 0.933. The van der Waals surface area contributed by atoms with Crippen molar-refractivity contribution in [3.8, 4) is 0 Å². The lowest BCUT2D eigenvalue weighted by atomic mass is 9.89. The van der Waals surface area contributed by atoms with E-state index in [0.717, 1.165) is 32.1 Å². The monoisotopic (exact) mass is 267 g/mol. The van der Waals surface area contributed by atoms with E-state index in [2.05, 4.69) is 17.1 Å². The van der Waals surface area contributed by atoms with E-state index < -0.39 is 0 Å². The molecule has 2 rings (SSSR count). The van der Waals surface area contributed by atoms with Gasteiger partial charge in [-0.1, -0.05) is 19.3 Å². The van der Waals surface area contributed by atoms with Crippen LogP contribution >= 0.6 is 0 Å². The topological polar surface area (TPSA) is 35.6 Å². The third-order valence-corrected chi connectivity index (χ3v) is 4.66. The maximum Gasteiger partial charge on any atom is 0.236 e. The van der Waals surface area contributed by atoms with Gasteiger partial charge < -0.3 is 10.2 Å². The third-order valence-electron chi connectivity index (χ3n) is 4.66. The molecule has 0 aromatic heterocycles. The van der Waals surface area contributed by atoms with Crippen molar-refractivity contribution in [1.82, 2.24) is 15.1 Å². The summed E-state index contributed by atoms with van der Waals surface area (Å²) in [5.41, 5.74) is 0. The van der Waals surface area contributed by atoms with Crippen molar-refractivity contribution in [3.63, 3.8) is 0 Å². The van der Waals surface area contributed by atoms with Crippen molar-refractivity contribution >= 4 is 5.91 Å². The summed E-state index contributed by atoms with van der Waals surface area (Å²) in [6, 6.07) is 0.473. The normalized spacial score (nSPS) is 26.3. The smallest absolute Gasteiger partial charge is 0.236 e. The Bertz CT molecular complexity index is 289. The molecule has 1 atom stereocenters. The first kappa shape index (κ1) is 14.8. The lowest BCUT2D eigenvalue weighted by Crippen LogP contribution is -2.53. The molecule has 0 aromatic rings. The highest BCUT2D eigenvalue weighted by Crippen LogP contribution is 2.24. The Hall–Kier alpha value is -0.610. The van der Waals surface area contributed by atoms with Crippen LogP contribution in [0.4, 0.5) is 0 Å². The van der Waals surface area contributed by atoms with Crippen LogP contribution in [-0.2, 0) is 4.79 Å². The van der Waals surface area contributed by atoms with Gasteiger partial charge >= 0.3 is 0 Å². The molecule has 1 aliphatic heterocycles. The van der Waals surface area contributed by atoms with Crippen LogP contribution < -0.4 is 5.32 Å². The summed E-state index contributed by atoms with van der Waals surface area (Å²) >= 11 is 0. The first-order chi connectivity index (χ1) is 9.16. The van der Waals surface area contributed by atoms with Crippen LogP contribution in [0.15, 0.2) is 0 Å². The second-order valence-electron chi connectivity index (χ2n) is 6.30. The highest BCUT2D eigenvalue weighted by Gasteiger charge is 2.23. The highest BCUT2D eigenvalue weighted by molar-refractivity contribution is 5.78. The molecule has 1 N–H and O–H groups in total. The Morgan fingerprint density at radius 1 is 1.32 bits per heavy atom. The van der Waals surface area contributed by atoms with Gasteiger partial charge in [-0.05, 0) is 25.7 Å². The Labute approximate surface area is 117 Å². The van der Waals surface area contributed by atoms with Gasteiger partial charge in [0, 0.05) is 39.3 Å². The minimum absolute atomic E-state index is 0.291. The maximum atomic E-state index is 12.3. The number of hydrogen-bond acceptors (Lipinski definition) is 3. The number of hydrogen-bond donors (Lipinski definition) is 1. The zero-order chi connectivity index (χ0) is 13.7. The molecule has 2 fully saturated rings. The predicted molar refractivity (Wildman–Crippen MR) is 78.1 cm³/mol. The number of amides is 1. The first-order valence-corrected chi connectivity index (χ1v) is 7.85. The van der Waals surface area contributed by atoms with E-state index in [9.17, 15) is 4.79 Å². The van der Waals surface area contributed by atoms with Gasteiger partial charge in [-0.3, -0.25) is 9.69 Å². The van der Waals surface area contributed by atoms with E-state index in [1.807, 2.05) is 11.9 Å². The van der Waals surface area contributed by atoms with Crippen LogP contribution in [0, 0.1) is 5.92 Å². The number of piperazine rings is 1. The van der Waals surface area contributed by atoms with E-state index >= 15 is 0 Å².